The number of hydrogen-bond donors (Lipinski definition) is 2. The van der Waals surface area contributed by atoms with Crippen LogP contribution in [0, 0.1) is 0 Å². The molecule has 192 valence electrons. The van der Waals surface area contributed by atoms with Gasteiger partial charge in [-0.1, -0.05) is 18.2 Å². The van der Waals surface area contributed by atoms with Crippen molar-refractivity contribution in [3.05, 3.63) is 89.8 Å². The smallest absolute Gasteiger partial charge is 0.229 e. The molecule has 1 saturated heterocycles. The van der Waals surface area contributed by atoms with Gasteiger partial charge in [0.05, 0.1) is 29.6 Å². The molecule has 2 atom stereocenters. The fraction of sp³-hybridized carbons (Fsp3) is 0.286. The van der Waals surface area contributed by atoms with Gasteiger partial charge in [-0.2, -0.15) is 0 Å². The van der Waals surface area contributed by atoms with E-state index in [2.05, 4.69) is 76.9 Å². The van der Waals surface area contributed by atoms with Gasteiger partial charge in [-0.15, -0.1) is 0 Å². The molecule has 37 heavy (non-hydrogen) atoms. The summed E-state index contributed by atoms with van der Waals surface area (Å²) in [5.41, 5.74) is 6.94. The second kappa shape index (κ2) is 9.15. The first-order valence-corrected chi connectivity index (χ1v) is 14.4. The Hall–Kier alpha value is -3.43. The van der Waals surface area contributed by atoms with Crippen LogP contribution in [0.5, 0.6) is 0 Å². The molecule has 0 radical (unpaired) electrons. The lowest BCUT2D eigenvalue weighted by atomic mass is 9.86. The van der Waals surface area contributed by atoms with Crippen molar-refractivity contribution in [2.24, 2.45) is 0 Å². The summed E-state index contributed by atoms with van der Waals surface area (Å²) in [6.45, 7) is 6.60. The second-order valence-corrected chi connectivity index (χ2v) is 12.4. The zero-order valence-electron chi connectivity index (χ0n) is 21.6. The third-order valence-corrected chi connectivity index (χ3v) is 8.05. The van der Waals surface area contributed by atoms with E-state index < -0.39 is 10.0 Å². The number of benzene rings is 2. The van der Waals surface area contributed by atoms with Crippen LogP contribution >= 0.6 is 12.2 Å². The van der Waals surface area contributed by atoms with Gasteiger partial charge in [0, 0.05) is 35.9 Å². The van der Waals surface area contributed by atoms with E-state index in [0.29, 0.717) is 10.8 Å². The maximum Gasteiger partial charge on any atom is 0.229 e. The first-order chi connectivity index (χ1) is 17.4. The van der Waals surface area contributed by atoms with Crippen LogP contribution in [-0.4, -0.2) is 37.4 Å². The van der Waals surface area contributed by atoms with Crippen molar-refractivity contribution in [2.75, 3.05) is 27.8 Å². The molecule has 3 heterocycles. The normalized spacial score (nSPS) is 20.8. The number of nitrogens with zero attached hydrogens (tertiary/aromatic N) is 3. The number of rotatable bonds is 5. The lowest BCUT2D eigenvalue weighted by molar-refractivity contribution is 0.566. The Morgan fingerprint density at radius 2 is 1.81 bits per heavy atom. The average Bonchev–Trinajstić information content (AvgIpc) is 3.19. The summed E-state index contributed by atoms with van der Waals surface area (Å²) in [5, 5.41) is 4.08. The molecule has 2 aliphatic heterocycles. The van der Waals surface area contributed by atoms with Crippen LogP contribution in [0.1, 0.15) is 49.7 Å². The summed E-state index contributed by atoms with van der Waals surface area (Å²) >= 11 is 5.85. The molecule has 5 rings (SSSR count). The van der Waals surface area contributed by atoms with Crippen molar-refractivity contribution in [1.82, 2.24) is 10.3 Å². The summed E-state index contributed by atoms with van der Waals surface area (Å²) in [6, 6.07) is 19.5. The van der Waals surface area contributed by atoms with E-state index in [4.69, 9.17) is 12.2 Å². The molecule has 0 unspecified atom stereocenters. The molecular formula is C28H31N5O2S2. The topological polar surface area (TPSA) is 77.6 Å². The molecule has 7 nitrogen and oxygen atoms in total. The van der Waals surface area contributed by atoms with Gasteiger partial charge in [0.2, 0.25) is 10.0 Å². The Balaban J connectivity index is 1.61. The summed E-state index contributed by atoms with van der Waals surface area (Å²) in [7, 11) is -1.24. The molecule has 0 bridgehead atoms. The molecule has 9 heteroatoms. The number of allylic oxidation sites excluding steroid dienone is 1. The van der Waals surface area contributed by atoms with Crippen molar-refractivity contribution >= 4 is 50.0 Å². The van der Waals surface area contributed by atoms with E-state index in [-0.39, 0.29) is 17.6 Å². The fourth-order valence-electron chi connectivity index (χ4n) is 5.24. The molecule has 0 saturated carbocycles. The van der Waals surface area contributed by atoms with Gasteiger partial charge in [-0.3, -0.25) is 9.71 Å². The van der Waals surface area contributed by atoms with Gasteiger partial charge in [0.25, 0.3) is 0 Å². The number of thiocarbonyl (C=S) groups is 1. The quantitative estimate of drug-likeness (QED) is 0.433. The van der Waals surface area contributed by atoms with Gasteiger partial charge in [0.1, 0.15) is 0 Å². The lowest BCUT2D eigenvalue weighted by Gasteiger charge is -2.41. The highest BCUT2D eigenvalue weighted by atomic mass is 32.2. The number of anilines is 3. The Labute approximate surface area is 224 Å². The van der Waals surface area contributed by atoms with Gasteiger partial charge >= 0.3 is 0 Å². The van der Waals surface area contributed by atoms with Crippen molar-refractivity contribution in [3.63, 3.8) is 0 Å². The first kappa shape index (κ1) is 25.2. The summed E-state index contributed by atoms with van der Waals surface area (Å²) in [6.07, 6.45) is 5.24. The van der Waals surface area contributed by atoms with Crippen LogP contribution in [0.15, 0.2) is 72.9 Å². The molecule has 2 aliphatic rings. The average molecular weight is 534 g/mol. The van der Waals surface area contributed by atoms with E-state index in [1.165, 1.54) is 16.8 Å². The van der Waals surface area contributed by atoms with Gasteiger partial charge in [-0.05, 0) is 92.7 Å². The van der Waals surface area contributed by atoms with Gasteiger partial charge in [0.15, 0.2) is 5.11 Å². The van der Waals surface area contributed by atoms with E-state index >= 15 is 0 Å². The predicted molar refractivity (Wildman–Crippen MR) is 155 cm³/mol. The molecule has 0 amide bonds. The molecule has 2 aromatic carbocycles. The Morgan fingerprint density at radius 3 is 2.46 bits per heavy atom. The molecular weight excluding hydrogens is 502 g/mol. The van der Waals surface area contributed by atoms with Crippen molar-refractivity contribution in [1.29, 1.82) is 0 Å². The third kappa shape index (κ3) is 4.81. The number of aromatic nitrogens is 1. The van der Waals surface area contributed by atoms with Gasteiger partial charge in [-0.25, -0.2) is 8.42 Å². The van der Waals surface area contributed by atoms with Crippen LogP contribution < -0.4 is 19.8 Å². The number of likely N-dealkylation sites (N-methyl/N-ethyl adjacent to an activating group) is 1. The SMILES string of the molecule is CC1=CC(C)(C)N(C)c2ccc([C@H]3[C@@H](c4ccccn4)NC(=S)N3c3ccc(NS(C)(=O)=O)cc3)cc21. The number of hydrogen-bond acceptors (Lipinski definition) is 5. The molecule has 2 N–H and O–H groups in total. The van der Waals surface area contributed by atoms with E-state index in [1.807, 2.05) is 30.3 Å². The molecule has 1 fully saturated rings. The number of nitrogens with one attached hydrogen (secondary N) is 2. The largest absolute Gasteiger partial charge is 0.366 e. The monoisotopic (exact) mass is 533 g/mol. The third-order valence-electron chi connectivity index (χ3n) is 7.13. The van der Waals surface area contributed by atoms with Crippen LogP contribution in [0.2, 0.25) is 0 Å². The minimum Gasteiger partial charge on any atom is -0.366 e. The predicted octanol–water partition coefficient (Wildman–Crippen LogP) is 5.26. The molecule has 1 aromatic heterocycles. The van der Waals surface area contributed by atoms with E-state index in [0.717, 1.165) is 23.2 Å². The summed E-state index contributed by atoms with van der Waals surface area (Å²) < 4.78 is 25.9. The van der Waals surface area contributed by atoms with Crippen LogP contribution in [0.3, 0.4) is 0 Å². The van der Waals surface area contributed by atoms with Crippen molar-refractivity contribution < 1.29 is 8.42 Å². The van der Waals surface area contributed by atoms with Crippen LogP contribution in [0.4, 0.5) is 17.1 Å². The maximum absolute atomic E-state index is 11.7. The minimum atomic E-state index is -3.36. The Bertz CT molecular complexity index is 1480. The van der Waals surface area contributed by atoms with Crippen molar-refractivity contribution in [2.45, 2.75) is 38.4 Å². The summed E-state index contributed by atoms with van der Waals surface area (Å²) in [4.78, 5) is 9.04. The molecule has 0 aliphatic carbocycles. The zero-order chi connectivity index (χ0) is 26.5. The highest BCUT2D eigenvalue weighted by molar-refractivity contribution is 7.92. The van der Waals surface area contributed by atoms with E-state index in [1.54, 1.807) is 18.3 Å². The highest BCUT2D eigenvalue weighted by Crippen LogP contribution is 2.45. The highest BCUT2D eigenvalue weighted by Gasteiger charge is 2.41. The summed E-state index contributed by atoms with van der Waals surface area (Å²) in [5.74, 6) is 0. The number of sulfonamides is 1. The molecule has 3 aromatic rings. The number of fused-ring (bicyclic) bond motifs is 1. The fourth-order valence-corrected chi connectivity index (χ4v) is 6.15. The molecule has 0 spiro atoms. The first-order valence-electron chi connectivity index (χ1n) is 12.1. The van der Waals surface area contributed by atoms with Crippen molar-refractivity contribution in [3.8, 4) is 0 Å². The second-order valence-electron chi connectivity index (χ2n) is 10.2. The Kier molecular flexibility index (Phi) is 6.24. The lowest BCUT2D eigenvalue weighted by Crippen LogP contribution is -2.42. The minimum absolute atomic E-state index is 0.0701. The van der Waals surface area contributed by atoms with Crippen LogP contribution in [-0.2, 0) is 10.0 Å². The standard InChI is InChI=1S/C28H31N5O2S2/c1-18-17-28(2,3)32(4)24-14-9-19(16-22(18)24)26-25(23-8-6-7-15-29-23)30-27(36)33(26)21-12-10-20(11-13-21)31-37(5,34)35/h6-17,25-26,31H,1-5H3,(H,30,36)/t25-,26+/m1/s1. The van der Waals surface area contributed by atoms with Gasteiger partial charge < -0.3 is 15.1 Å². The van der Waals surface area contributed by atoms with Crippen LogP contribution in [0.25, 0.3) is 5.57 Å². The van der Waals surface area contributed by atoms with E-state index in [9.17, 15) is 8.42 Å². The Morgan fingerprint density at radius 1 is 1.08 bits per heavy atom. The maximum atomic E-state index is 11.7. The zero-order valence-corrected chi connectivity index (χ0v) is 23.2. The number of pyridine rings is 1.